The second-order valence-electron chi connectivity index (χ2n) is 6.08. The Labute approximate surface area is 156 Å². The number of rotatable bonds is 4. The molecule has 0 aromatic heterocycles. The maximum Gasteiger partial charge on any atom is 0.239 e. The van der Waals surface area contributed by atoms with E-state index in [1.807, 2.05) is 55.1 Å². The van der Waals surface area contributed by atoms with Gasteiger partial charge in [0.25, 0.3) is 0 Å². The number of hydrogen-bond donors (Lipinski definition) is 1. The summed E-state index contributed by atoms with van der Waals surface area (Å²) in [6, 6.07) is 13.7. The van der Waals surface area contributed by atoms with Crippen molar-refractivity contribution in [2.75, 3.05) is 21.8 Å². The molecular formula is C19H19ClN2O2S. The summed E-state index contributed by atoms with van der Waals surface area (Å²) in [4.78, 5) is 25.7. The third-order valence-electron chi connectivity index (χ3n) is 3.95. The van der Waals surface area contributed by atoms with Gasteiger partial charge in [0.15, 0.2) is 0 Å². The van der Waals surface area contributed by atoms with Gasteiger partial charge in [0, 0.05) is 11.4 Å². The lowest BCUT2D eigenvalue weighted by Gasteiger charge is -2.25. The van der Waals surface area contributed by atoms with Gasteiger partial charge in [-0.1, -0.05) is 18.2 Å². The Morgan fingerprint density at radius 3 is 2.44 bits per heavy atom. The quantitative estimate of drug-likeness (QED) is 0.813. The number of carbonyl (C=O) groups is 2. The fraction of sp³-hybridized carbons (Fsp3) is 0.263. The highest BCUT2D eigenvalue weighted by molar-refractivity contribution is 8.00. The summed E-state index contributed by atoms with van der Waals surface area (Å²) < 4.78 is 0. The molecule has 0 unspecified atom stereocenters. The standard InChI is InChI=1S/C19H19ClN2O2S/c1-12-7-13(2)9-16(8-12)22-18(24)11-25-19(22)14-3-5-15(6-4-14)21-17(23)10-20/h3-9,19H,10-11H2,1-2H3,(H,21,23)/t19-/m0/s1. The smallest absolute Gasteiger partial charge is 0.239 e. The van der Waals surface area contributed by atoms with Gasteiger partial charge in [-0.3, -0.25) is 14.5 Å². The van der Waals surface area contributed by atoms with E-state index < -0.39 is 0 Å². The zero-order valence-electron chi connectivity index (χ0n) is 14.1. The lowest BCUT2D eigenvalue weighted by Crippen LogP contribution is -2.28. The Bertz CT molecular complexity index is 787. The van der Waals surface area contributed by atoms with Crippen molar-refractivity contribution in [3.05, 3.63) is 59.2 Å². The van der Waals surface area contributed by atoms with Gasteiger partial charge in [-0.2, -0.15) is 0 Å². The van der Waals surface area contributed by atoms with Crippen LogP contribution in [0.1, 0.15) is 22.1 Å². The number of halogens is 1. The van der Waals surface area contributed by atoms with Gasteiger partial charge >= 0.3 is 0 Å². The fourth-order valence-corrected chi connectivity index (χ4v) is 4.21. The highest BCUT2D eigenvalue weighted by Crippen LogP contribution is 2.42. The van der Waals surface area contributed by atoms with Crippen LogP contribution in [0.3, 0.4) is 0 Å². The zero-order chi connectivity index (χ0) is 18.0. The lowest BCUT2D eigenvalue weighted by molar-refractivity contribution is -0.116. The number of nitrogens with zero attached hydrogens (tertiary/aromatic N) is 1. The molecular weight excluding hydrogens is 356 g/mol. The zero-order valence-corrected chi connectivity index (χ0v) is 15.7. The maximum absolute atomic E-state index is 12.5. The molecule has 2 aromatic carbocycles. The molecule has 0 spiro atoms. The van der Waals surface area contributed by atoms with Gasteiger partial charge in [0.2, 0.25) is 11.8 Å². The van der Waals surface area contributed by atoms with E-state index in [-0.39, 0.29) is 23.1 Å². The molecule has 1 atom stereocenters. The van der Waals surface area contributed by atoms with Gasteiger partial charge in [0.05, 0.1) is 5.75 Å². The number of amides is 2. The Morgan fingerprint density at radius 1 is 1.20 bits per heavy atom. The predicted molar refractivity (Wildman–Crippen MR) is 104 cm³/mol. The lowest BCUT2D eigenvalue weighted by atomic mass is 10.1. The first-order chi connectivity index (χ1) is 12.0. The maximum atomic E-state index is 12.5. The minimum atomic E-state index is -0.239. The summed E-state index contributed by atoms with van der Waals surface area (Å²) in [6.07, 6.45) is 0. The number of hydrogen-bond acceptors (Lipinski definition) is 3. The first-order valence-electron chi connectivity index (χ1n) is 7.95. The summed E-state index contributed by atoms with van der Waals surface area (Å²) in [5, 5.41) is 2.65. The van der Waals surface area contributed by atoms with Crippen molar-refractivity contribution in [2.45, 2.75) is 19.2 Å². The summed E-state index contributed by atoms with van der Waals surface area (Å²) in [6.45, 7) is 4.07. The average Bonchev–Trinajstić information content (AvgIpc) is 2.96. The number of aryl methyl sites for hydroxylation is 2. The summed E-state index contributed by atoms with van der Waals surface area (Å²) in [5.74, 6) is 0.258. The highest BCUT2D eigenvalue weighted by Gasteiger charge is 2.34. The van der Waals surface area contributed by atoms with E-state index in [9.17, 15) is 9.59 Å². The minimum absolute atomic E-state index is 0.0634. The summed E-state index contributed by atoms with van der Waals surface area (Å²) >= 11 is 7.12. The first-order valence-corrected chi connectivity index (χ1v) is 9.54. The largest absolute Gasteiger partial charge is 0.325 e. The highest BCUT2D eigenvalue weighted by atomic mass is 35.5. The van der Waals surface area contributed by atoms with Crippen LogP contribution < -0.4 is 10.2 Å². The molecule has 0 saturated carbocycles. The topological polar surface area (TPSA) is 49.4 Å². The number of carbonyl (C=O) groups excluding carboxylic acids is 2. The molecule has 25 heavy (non-hydrogen) atoms. The molecule has 1 fully saturated rings. The van der Waals surface area contributed by atoms with Crippen LogP contribution in [0.2, 0.25) is 0 Å². The van der Waals surface area contributed by atoms with E-state index in [0.29, 0.717) is 11.4 Å². The molecule has 130 valence electrons. The second-order valence-corrected chi connectivity index (χ2v) is 7.41. The predicted octanol–water partition coefficient (Wildman–Crippen LogP) is 4.26. The van der Waals surface area contributed by atoms with Crippen LogP contribution in [0, 0.1) is 13.8 Å². The SMILES string of the molecule is Cc1cc(C)cc(N2C(=O)CS[C@H]2c2ccc(NC(=O)CCl)cc2)c1. The van der Waals surface area contributed by atoms with Crippen molar-refractivity contribution < 1.29 is 9.59 Å². The van der Waals surface area contributed by atoms with E-state index in [2.05, 4.69) is 11.4 Å². The van der Waals surface area contributed by atoms with E-state index in [0.717, 1.165) is 22.4 Å². The summed E-state index contributed by atoms with van der Waals surface area (Å²) in [5.41, 5.74) is 4.92. The molecule has 0 radical (unpaired) electrons. The van der Waals surface area contributed by atoms with Crippen molar-refractivity contribution in [1.82, 2.24) is 0 Å². The van der Waals surface area contributed by atoms with Gasteiger partial charge in [-0.25, -0.2) is 0 Å². The van der Waals surface area contributed by atoms with Crippen LogP contribution in [-0.4, -0.2) is 23.4 Å². The third-order valence-corrected chi connectivity index (χ3v) is 5.41. The van der Waals surface area contributed by atoms with Gasteiger partial charge < -0.3 is 5.32 Å². The molecule has 6 heteroatoms. The molecule has 2 aromatic rings. The van der Waals surface area contributed by atoms with Crippen molar-refractivity contribution in [1.29, 1.82) is 0 Å². The molecule has 1 aliphatic rings. The van der Waals surface area contributed by atoms with Crippen LogP contribution in [0.25, 0.3) is 0 Å². The van der Waals surface area contributed by atoms with Crippen molar-refractivity contribution in [3.63, 3.8) is 0 Å². The number of anilines is 2. The van der Waals surface area contributed by atoms with Crippen LogP contribution in [0.5, 0.6) is 0 Å². The molecule has 1 saturated heterocycles. The molecule has 1 N–H and O–H groups in total. The van der Waals surface area contributed by atoms with Crippen LogP contribution >= 0.6 is 23.4 Å². The van der Waals surface area contributed by atoms with E-state index in [1.54, 1.807) is 11.8 Å². The van der Waals surface area contributed by atoms with E-state index >= 15 is 0 Å². The average molecular weight is 375 g/mol. The summed E-state index contributed by atoms with van der Waals surface area (Å²) in [7, 11) is 0. The molecule has 2 amide bonds. The van der Waals surface area contributed by atoms with Gasteiger partial charge in [-0.15, -0.1) is 23.4 Å². The molecule has 0 aliphatic carbocycles. The van der Waals surface area contributed by atoms with Gasteiger partial charge in [0.1, 0.15) is 11.3 Å². The van der Waals surface area contributed by atoms with Gasteiger partial charge in [-0.05, 0) is 54.8 Å². The number of benzene rings is 2. The van der Waals surface area contributed by atoms with Crippen LogP contribution in [0.15, 0.2) is 42.5 Å². The van der Waals surface area contributed by atoms with Crippen LogP contribution in [0.4, 0.5) is 11.4 Å². The fourth-order valence-electron chi connectivity index (χ4n) is 2.96. The van der Waals surface area contributed by atoms with E-state index in [1.165, 1.54) is 0 Å². The molecule has 1 aliphatic heterocycles. The molecule has 1 heterocycles. The van der Waals surface area contributed by atoms with E-state index in [4.69, 9.17) is 11.6 Å². The Morgan fingerprint density at radius 2 is 1.84 bits per heavy atom. The molecule has 3 rings (SSSR count). The minimum Gasteiger partial charge on any atom is -0.325 e. The first kappa shape index (κ1) is 17.8. The Kier molecular flexibility index (Phi) is 5.35. The van der Waals surface area contributed by atoms with Crippen molar-refractivity contribution in [2.24, 2.45) is 0 Å². The third kappa shape index (κ3) is 3.99. The number of nitrogens with one attached hydrogen (secondary N) is 1. The normalized spacial score (nSPS) is 17.0. The second kappa shape index (κ2) is 7.50. The molecule has 0 bridgehead atoms. The van der Waals surface area contributed by atoms with Crippen molar-refractivity contribution in [3.8, 4) is 0 Å². The monoisotopic (exact) mass is 374 g/mol. The molecule has 4 nitrogen and oxygen atoms in total. The van der Waals surface area contributed by atoms with Crippen molar-refractivity contribution >= 4 is 46.6 Å². The Hall–Kier alpha value is -1.98. The van der Waals surface area contributed by atoms with Crippen LogP contribution in [-0.2, 0) is 9.59 Å². The number of alkyl halides is 1. The number of thioether (sulfide) groups is 1. The Balaban J connectivity index is 1.87.